The molecule has 1 aromatic heterocycles. The molecule has 4 nitrogen and oxygen atoms in total. The van der Waals surface area contributed by atoms with Crippen LogP contribution in [0.1, 0.15) is 43.2 Å². The molecule has 0 radical (unpaired) electrons. The van der Waals surface area contributed by atoms with Crippen LogP contribution in [0.3, 0.4) is 0 Å². The molecule has 0 N–H and O–H groups in total. The SMILES string of the molecule is Cc1cc(C(=O)COC(=O)c2ccc(Br)o2)c(C)c(C)c1C. The second-order valence-electron chi connectivity index (χ2n) is 5.22. The van der Waals surface area contributed by atoms with Gasteiger partial charge in [-0.1, -0.05) is 0 Å². The van der Waals surface area contributed by atoms with Gasteiger partial charge in [0.05, 0.1) is 0 Å². The number of ketones is 1. The van der Waals surface area contributed by atoms with Crippen LogP contribution in [0.25, 0.3) is 0 Å². The normalized spacial score (nSPS) is 10.6. The van der Waals surface area contributed by atoms with Gasteiger partial charge in [-0.3, -0.25) is 4.79 Å². The predicted octanol–water partition coefficient (Wildman–Crippen LogP) is 4.32. The number of rotatable bonds is 4. The maximum absolute atomic E-state index is 12.3. The van der Waals surface area contributed by atoms with Crippen LogP contribution in [0.15, 0.2) is 27.3 Å². The number of benzene rings is 1. The van der Waals surface area contributed by atoms with E-state index in [0.29, 0.717) is 10.2 Å². The monoisotopic (exact) mass is 364 g/mol. The van der Waals surface area contributed by atoms with Crippen molar-refractivity contribution in [2.75, 3.05) is 6.61 Å². The first-order chi connectivity index (χ1) is 10.3. The molecular weight excluding hydrogens is 348 g/mol. The van der Waals surface area contributed by atoms with Crippen molar-refractivity contribution in [2.45, 2.75) is 27.7 Å². The largest absolute Gasteiger partial charge is 0.451 e. The molecule has 0 fully saturated rings. The number of carbonyl (C=O) groups excluding carboxylic acids is 2. The quantitative estimate of drug-likeness (QED) is 0.598. The second kappa shape index (κ2) is 6.48. The minimum Gasteiger partial charge on any atom is -0.451 e. The van der Waals surface area contributed by atoms with Crippen molar-refractivity contribution in [1.29, 1.82) is 0 Å². The maximum Gasteiger partial charge on any atom is 0.374 e. The highest BCUT2D eigenvalue weighted by molar-refractivity contribution is 9.10. The lowest BCUT2D eigenvalue weighted by Gasteiger charge is -2.13. The van der Waals surface area contributed by atoms with Gasteiger partial charge in [-0.25, -0.2) is 4.79 Å². The molecule has 0 unspecified atom stereocenters. The zero-order valence-electron chi connectivity index (χ0n) is 13.0. The Morgan fingerprint density at radius 1 is 1.09 bits per heavy atom. The van der Waals surface area contributed by atoms with E-state index in [1.807, 2.05) is 33.8 Å². The Morgan fingerprint density at radius 2 is 1.77 bits per heavy atom. The highest BCUT2D eigenvalue weighted by atomic mass is 79.9. The molecule has 1 aromatic carbocycles. The van der Waals surface area contributed by atoms with E-state index in [1.165, 1.54) is 11.6 Å². The Balaban J connectivity index is 2.12. The van der Waals surface area contributed by atoms with E-state index in [2.05, 4.69) is 15.9 Å². The Hall–Kier alpha value is -1.88. The number of hydrogen-bond donors (Lipinski definition) is 0. The second-order valence-corrected chi connectivity index (χ2v) is 6.00. The molecule has 1 heterocycles. The average molecular weight is 365 g/mol. The highest BCUT2D eigenvalue weighted by Gasteiger charge is 2.18. The lowest BCUT2D eigenvalue weighted by atomic mass is 9.93. The van der Waals surface area contributed by atoms with Gasteiger partial charge in [-0.15, -0.1) is 0 Å². The van der Waals surface area contributed by atoms with Crippen molar-refractivity contribution in [1.82, 2.24) is 0 Å². The molecule has 2 rings (SSSR count). The summed E-state index contributed by atoms with van der Waals surface area (Å²) in [6.07, 6.45) is 0. The van der Waals surface area contributed by atoms with E-state index in [9.17, 15) is 9.59 Å². The highest BCUT2D eigenvalue weighted by Crippen LogP contribution is 2.22. The van der Waals surface area contributed by atoms with E-state index in [4.69, 9.17) is 9.15 Å². The number of hydrogen-bond acceptors (Lipinski definition) is 4. The standard InChI is InChI=1S/C17H17BrO4/c1-9-7-13(12(4)11(3)10(9)2)14(19)8-21-17(20)15-5-6-16(18)22-15/h5-7H,8H2,1-4H3. The molecule has 0 atom stereocenters. The summed E-state index contributed by atoms with van der Waals surface area (Å²) >= 11 is 3.11. The summed E-state index contributed by atoms with van der Waals surface area (Å²) in [6.45, 7) is 7.58. The molecule has 0 aliphatic heterocycles. The fourth-order valence-corrected chi connectivity index (χ4v) is 2.51. The van der Waals surface area contributed by atoms with Crippen LogP contribution in [0.4, 0.5) is 0 Å². The summed E-state index contributed by atoms with van der Waals surface area (Å²) in [7, 11) is 0. The van der Waals surface area contributed by atoms with Gasteiger partial charge in [-0.05, 0) is 84.1 Å². The summed E-state index contributed by atoms with van der Waals surface area (Å²) in [4.78, 5) is 24.1. The minimum absolute atomic E-state index is 0.0627. The van der Waals surface area contributed by atoms with Crippen LogP contribution in [0.5, 0.6) is 0 Å². The Morgan fingerprint density at radius 3 is 2.36 bits per heavy atom. The number of ether oxygens (including phenoxy) is 1. The number of carbonyl (C=O) groups is 2. The zero-order valence-corrected chi connectivity index (χ0v) is 14.5. The van der Waals surface area contributed by atoms with E-state index in [0.717, 1.165) is 16.7 Å². The average Bonchev–Trinajstić information content (AvgIpc) is 2.92. The van der Waals surface area contributed by atoms with Crippen LogP contribution in [0, 0.1) is 27.7 Å². The van der Waals surface area contributed by atoms with Gasteiger partial charge in [0.15, 0.2) is 11.3 Å². The molecular formula is C17H17BrO4. The van der Waals surface area contributed by atoms with E-state index < -0.39 is 5.97 Å². The molecule has 2 aromatic rings. The van der Waals surface area contributed by atoms with E-state index in [1.54, 1.807) is 6.07 Å². The third-order valence-corrected chi connectivity index (χ3v) is 4.32. The van der Waals surface area contributed by atoms with Crippen molar-refractivity contribution < 1.29 is 18.7 Å². The molecule has 0 spiro atoms. The van der Waals surface area contributed by atoms with E-state index >= 15 is 0 Å². The van der Waals surface area contributed by atoms with Crippen LogP contribution in [-0.4, -0.2) is 18.4 Å². The first-order valence-electron chi connectivity index (χ1n) is 6.84. The van der Waals surface area contributed by atoms with Crippen molar-refractivity contribution in [3.63, 3.8) is 0 Å². The van der Waals surface area contributed by atoms with Gasteiger partial charge in [0.25, 0.3) is 0 Å². The number of esters is 1. The topological polar surface area (TPSA) is 56.5 Å². The molecule has 0 aliphatic rings. The van der Waals surface area contributed by atoms with Gasteiger partial charge < -0.3 is 9.15 Å². The lowest BCUT2D eigenvalue weighted by Crippen LogP contribution is -2.16. The van der Waals surface area contributed by atoms with Gasteiger partial charge in [0, 0.05) is 5.56 Å². The molecule has 0 amide bonds. The summed E-state index contributed by atoms with van der Waals surface area (Å²) in [5.74, 6) is -0.812. The maximum atomic E-state index is 12.3. The van der Waals surface area contributed by atoms with Gasteiger partial charge in [-0.2, -0.15) is 0 Å². The van der Waals surface area contributed by atoms with Crippen LogP contribution >= 0.6 is 15.9 Å². The molecule has 0 saturated heterocycles. The van der Waals surface area contributed by atoms with Crippen molar-refractivity contribution in [2.24, 2.45) is 0 Å². The van der Waals surface area contributed by atoms with Gasteiger partial charge in [0.2, 0.25) is 11.5 Å². The van der Waals surface area contributed by atoms with Crippen LogP contribution in [0.2, 0.25) is 0 Å². The number of Topliss-reactive ketones (excluding diaryl/α,β-unsaturated/α-hetero) is 1. The van der Waals surface area contributed by atoms with Gasteiger partial charge >= 0.3 is 5.97 Å². The molecule has 0 saturated carbocycles. The summed E-state index contributed by atoms with van der Waals surface area (Å²) in [6, 6.07) is 4.93. The fraction of sp³-hybridized carbons (Fsp3) is 0.294. The summed E-state index contributed by atoms with van der Waals surface area (Å²) in [5.41, 5.74) is 4.82. The first kappa shape index (κ1) is 16.5. The molecule has 0 bridgehead atoms. The van der Waals surface area contributed by atoms with Crippen LogP contribution in [-0.2, 0) is 4.74 Å². The number of aryl methyl sites for hydroxylation is 1. The van der Waals surface area contributed by atoms with Gasteiger partial charge in [0.1, 0.15) is 0 Å². The lowest BCUT2D eigenvalue weighted by molar-refractivity contribution is 0.0442. The Bertz CT molecular complexity index is 743. The fourth-order valence-electron chi connectivity index (χ4n) is 2.21. The van der Waals surface area contributed by atoms with Crippen molar-refractivity contribution in [3.05, 3.63) is 56.4 Å². The Labute approximate surface area is 137 Å². The summed E-state index contributed by atoms with van der Waals surface area (Å²) < 4.78 is 10.5. The minimum atomic E-state index is -0.655. The zero-order chi connectivity index (χ0) is 16.4. The Kier molecular flexibility index (Phi) is 4.86. The summed E-state index contributed by atoms with van der Waals surface area (Å²) in [5, 5.41) is 0. The molecule has 22 heavy (non-hydrogen) atoms. The third kappa shape index (κ3) is 3.30. The number of furan rings is 1. The van der Waals surface area contributed by atoms with E-state index in [-0.39, 0.29) is 18.2 Å². The van der Waals surface area contributed by atoms with Crippen LogP contribution < -0.4 is 0 Å². The molecule has 116 valence electrons. The van der Waals surface area contributed by atoms with Crippen molar-refractivity contribution in [3.8, 4) is 0 Å². The smallest absolute Gasteiger partial charge is 0.374 e. The predicted molar refractivity (Wildman–Crippen MR) is 86.4 cm³/mol. The molecule has 5 heteroatoms. The third-order valence-electron chi connectivity index (χ3n) is 3.89. The number of halogens is 1. The first-order valence-corrected chi connectivity index (χ1v) is 7.63. The molecule has 0 aliphatic carbocycles. The van der Waals surface area contributed by atoms with Crippen molar-refractivity contribution >= 4 is 27.7 Å².